The lowest BCUT2D eigenvalue weighted by Gasteiger charge is -2.32. The summed E-state index contributed by atoms with van der Waals surface area (Å²) in [6.45, 7) is 5.97. The van der Waals surface area contributed by atoms with Gasteiger partial charge in [-0.2, -0.15) is 0 Å². The molecule has 0 radical (unpaired) electrons. The van der Waals surface area contributed by atoms with Gasteiger partial charge in [-0.25, -0.2) is 0 Å². The van der Waals surface area contributed by atoms with Crippen molar-refractivity contribution in [3.8, 4) is 0 Å². The summed E-state index contributed by atoms with van der Waals surface area (Å²) >= 11 is 0. The zero-order valence-electron chi connectivity index (χ0n) is 14.0. The van der Waals surface area contributed by atoms with Gasteiger partial charge in [0.1, 0.15) is 0 Å². The van der Waals surface area contributed by atoms with Gasteiger partial charge in [0.05, 0.1) is 0 Å². The SMILES string of the molecule is CC(C(=O)NCCCN(C)C1CCCCC1)C1CNC1.Cl.Cl. The second kappa shape index (κ2) is 11.5. The Morgan fingerprint density at radius 2 is 1.86 bits per heavy atom. The van der Waals surface area contributed by atoms with E-state index < -0.39 is 0 Å². The predicted octanol–water partition coefficient (Wildman–Crippen LogP) is 2.46. The molecule has 22 heavy (non-hydrogen) atoms. The van der Waals surface area contributed by atoms with E-state index in [1.54, 1.807) is 0 Å². The maximum atomic E-state index is 12.0. The van der Waals surface area contributed by atoms with Crippen LogP contribution in [-0.4, -0.2) is 50.1 Å². The maximum absolute atomic E-state index is 12.0. The molecule has 2 fully saturated rings. The van der Waals surface area contributed by atoms with Gasteiger partial charge in [0.2, 0.25) is 5.91 Å². The van der Waals surface area contributed by atoms with Crippen molar-refractivity contribution in [2.24, 2.45) is 11.8 Å². The highest BCUT2D eigenvalue weighted by atomic mass is 35.5. The molecule has 2 rings (SSSR count). The van der Waals surface area contributed by atoms with Crippen LogP contribution in [0.1, 0.15) is 45.4 Å². The quantitative estimate of drug-likeness (QED) is 0.691. The summed E-state index contributed by atoms with van der Waals surface area (Å²) in [5, 5.41) is 6.33. The maximum Gasteiger partial charge on any atom is 0.223 e. The van der Waals surface area contributed by atoms with Gasteiger partial charge in [-0.1, -0.05) is 26.2 Å². The molecule has 1 saturated heterocycles. The molecule has 132 valence electrons. The summed E-state index contributed by atoms with van der Waals surface area (Å²) in [5.41, 5.74) is 0. The van der Waals surface area contributed by atoms with E-state index in [9.17, 15) is 4.79 Å². The molecule has 2 aliphatic rings. The summed E-state index contributed by atoms with van der Waals surface area (Å²) in [6.07, 6.45) is 7.96. The normalized spacial score (nSPS) is 20.5. The molecule has 0 aromatic carbocycles. The molecule has 1 aliphatic carbocycles. The zero-order chi connectivity index (χ0) is 14.4. The first-order valence-electron chi connectivity index (χ1n) is 8.37. The molecule has 0 spiro atoms. The first-order valence-corrected chi connectivity index (χ1v) is 8.37. The first kappa shape index (κ1) is 22.0. The van der Waals surface area contributed by atoms with Crippen LogP contribution in [0.5, 0.6) is 0 Å². The van der Waals surface area contributed by atoms with Crippen LogP contribution < -0.4 is 10.6 Å². The second-order valence-corrected chi connectivity index (χ2v) is 6.62. The Balaban J connectivity index is 0.00000220. The molecular weight excluding hydrogens is 321 g/mol. The molecule has 0 bridgehead atoms. The van der Waals surface area contributed by atoms with Crippen molar-refractivity contribution in [1.82, 2.24) is 15.5 Å². The van der Waals surface area contributed by atoms with Crippen molar-refractivity contribution < 1.29 is 4.79 Å². The third kappa shape index (κ3) is 6.61. The highest BCUT2D eigenvalue weighted by Crippen LogP contribution is 2.21. The number of nitrogens with zero attached hydrogens (tertiary/aromatic N) is 1. The lowest BCUT2D eigenvalue weighted by Crippen LogP contribution is -2.49. The molecule has 2 N–H and O–H groups in total. The van der Waals surface area contributed by atoms with Crippen molar-refractivity contribution in [3.05, 3.63) is 0 Å². The lowest BCUT2D eigenvalue weighted by atomic mass is 9.88. The van der Waals surface area contributed by atoms with E-state index in [1.807, 2.05) is 0 Å². The molecule has 1 aliphatic heterocycles. The van der Waals surface area contributed by atoms with Crippen LogP contribution in [0.25, 0.3) is 0 Å². The van der Waals surface area contributed by atoms with Crippen molar-refractivity contribution in [1.29, 1.82) is 0 Å². The van der Waals surface area contributed by atoms with Gasteiger partial charge >= 0.3 is 0 Å². The van der Waals surface area contributed by atoms with E-state index in [1.165, 1.54) is 32.1 Å². The van der Waals surface area contributed by atoms with Gasteiger partial charge in [-0.05, 0) is 51.9 Å². The Morgan fingerprint density at radius 1 is 1.23 bits per heavy atom. The molecule has 0 aromatic rings. The van der Waals surface area contributed by atoms with Crippen LogP contribution in [0.15, 0.2) is 0 Å². The van der Waals surface area contributed by atoms with Crippen LogP contribution in [0.3, 0.4) is 0 Å². The van der Waals surface area contributed by atoms with Crippen LogP contribution in [-0.2, 0) is 4.79 Å². The molecular formula is C16H33Cl2N3O. The summed E-state index contributed by atoms with van der Waals surface area (Å²) in [7, 11) is 2.24. The van der Waals surface area contributed by atoms with Gasteiger partial charge in [0, 0.05) is 18.5 Å². The fourth-order valence-electron chi connectivity index (χ4n) is 3.28. The van der Waals surface area contributed by atoms with Gasteiger partial charge in [0.25, 0.3) is 0 Å². The second-order valence-electron chi connectivity index (χ2n) is 6.62. The summed E-state index contributed by atoms with van der Waals surface area (Å²) in [4.78, 5) is 14.5. The molecule has 1 amide bonds. The van der Waals surface area contributed by atoms with E-state index in [0.717, 1.165) is 38.6 Å². The Bertz CT molecular complexity index is 308. The number of rotatable bonds is 7. The number of hydrogen-bond acceptors (Lipinski definition) is 3. The number of carbonyl (C=O) groups is 1. The highest BCUT2D eigenvalue weighted by Gasteiger charge is 2.28. The average molecular weight is 354 g/mol. The molecule has 1 unspecified atom stereocenters. The molecule has 1 atom stereocenters. The van der Waals surface area contributed by atoms with Crippen molar-refractivity contribution in [2.75, 3.05) is 33.2 Å². The standard InChI is InChI=1S/C16H31N3O.2ClH/c1-13(14-11-17-12-14)16(20)18-9-6-10-19(2)15-7-4-3-5-8-15;;/h13-15,17H,3-12H2,1-2H3,(H,18,20);2*1H. The van der Waals surface area contributed by atoms with Crippen LogP contribution in [0.4, 0.5) is 0 Å². The van der Waals surface area contributed by atoms with Gasteiger partial charge in [-0.15, -0.1) is 24.8 Å². The first-order chi connectivity index (χ1) is 9.68. The molecule has 0 aromatic heterocycles. The Kier molecular flexibility index (Phi) is 11.5. The molecule has 4 nitrogen and oxygen atoms in total. The summed E-state index contributed by atoms with van der Waals surface area (Å²) in [5.74, 6) is 0.934. The van der Waals surface area contributed by atoms with Crippen molar-refractivity contribution in [3.63, 3.8) is 0 Å². The van der Waals surface area contributed by atoms with E-state index in [0.29, 0.717) is 5.92 Å². The van der Waals surface area contributed by atoms with E-state index >= 15 is 0 Å². The zero-order valence-corrected chi connectivity index (χ0v) is 15.6. The third-order valence-corrected chi connectivity index (χ3v) is 5.12. The topological polar surface area (TPSA) is 44.4 Å². The number of carbonyl (C=O) groups excluding carboxylic acids is 1. The minimum Gasteiger partial charge on any atom is -0.356 e. The van der Waals surface area contributed by atoms with Gasteiger partial charge in [-0.3, -0.25) is 4.79 Å². The lowest BCUT2D eigenvalue weighted by molar-refractivity contribution is -0.126. The summed E-state index contributed by atoms with van der Waals surface area (Å²) in [6, 6.07) is 0.777. The minimum atomic E-state index is 0. The van der Waals surface area contributed by atoms with Gasteiger partial charge < -0.3 is 15.5 Å². The minimum absolute atomic E-state index is 0. The Hall–Kier alpha value is -0.0300. The Labute approximate surface area is 148 Å². The van der Waals surface area contributed by atoms with Crippen LogP contribution in [0, 0.1) is 11.8 Å². The average Bonchev–Trinajstić information content (AvgIpc) is 2.42. The molecule has 1 heterocycles. The van der Waals surface area contributed by atoms with Crippen molar-refractivity contribution in [2.45, 2.75) is 51.5 Å². The van der Waals surface area contributed by atoms with Crippen LogP contribution in [0.2, 0.25) is 0 Å². The number of amides is 1. The van der Waals surface area contributed by atoms with Crippen molar-refractivity contribution >= 4 is 30.7 Å². The number of nitrogens with one attached hydrogen (secondary N) is 2. The van der Waals surface area contributed by atoms with E-state index in [-0.39, 0.29) is 36.6 Å². The monoisotopic (exact) mass is 353 g/mol. The van der Waals surface area contributed by atoms with Gasteiger partial charge in [0.15, 0.2) is 0 Å². The number of hydrogen-bond donors (Lipinski definition) is 2. The summed E-state index contributed by atoms with van der Waals surface area (Å²) < 4.78 is 0. The third-order valence-electron chi connectivity index (χ3n) is 5.12. The van der Waals surface area contributed by atoms with E-state index in [2.05, 4.69) is 29.5 Å². The fourth-order valence-corrected chi connectivity index (χ4v) is 3.28. The largest absolute Gasteiger partial charge is 0.356 e. The number of halogens is 2. The molecule has 6 heteroatoms. The smallest absolute Gasteiger partial charge is 0.223 e. The van der Waals surface area contributed by atoms with Crippen LogP contribution >= 0.6 is 24.8 Å². The molecule has 1 saturated carbocycles. The predicted molar refractivity (Wildman–Crippen MR) is 97.1 cm³/mol. The highest BCUT2D eigenvalue weighted by molar-refractivity contribution is 5.85. The van der Waals surface area contributed by atoms with E-state index in [4.69, 9.17) is 0 Å². The fraction of sp³-hybridized carbons (Fsp3) is 0.938. The Morgan fingerprint density at radius 3 is 2.41 bits per heavy atom.